The van der Waals surface area contributed by atoms with Crippen molar-refractivity contribution in [1.29, 1.82) is 0 Å². The van der Waals surface area contributed by atoms with Crippen LogP contribution >= 0.6 is 0 Å². The zero-order valence-electron chi connectivity index (χ0n) is 9.93. The number of nitrogens with zero attached hydrogens (tertiary/aromatic N) is 3. The molecule has 0 aliphatic rings. The van der Waals surface area contributed by atoms with Crippen molar-refractivity contribution in [1.82, 2.24) is 15.0 Å². The predicted molar refractivity (Wildman–Crippen MR) is 61.0 cm³/mol. The molecule has 0 fully saturated rings. The van der Waals surface area contributed by atoms with Crippen LogP contribution in [0.15, 0.2) is 18.5 Å². The third-order valence-electron chi connectivity index (χ3n) is 1.99. The third kappa shape index (κ3) is 4.93. The predicted octanol–water partition coefficient (Wildman–Crippen LogP) is 1.41. The lowest BCUT2D eigenvalue weighted by Gasteiger charge is -2.03. The van der Waals surface area contributed by atoms with Crippen LogP contribution in [-0.4, -0.2) is 34.8 Å². The average molecular weight is 225 g/mol. The Morgan fingerprint density at radius 1 is 1.38 bits per heavy atom. The number of rotatable bonds is 8. The van der Waals surface area contributed by atoms with Crippen LogP contribution in [0.1, 0.15) is 19.5 Å². The van der Waals surface area contributed by atoms with Gasteiger partial charge in [-0.15, -0.1) is 5.10 Å². The lowest BCUT2D eigenvalue weighted by Crippen LogP contribution is -2.09. The molecule has 5 nitrogen and oxygen atoms in total. The van der Waals surface area contributed by atoms with Crippen LogP contribution in [0.25, 0.3) is 0 Å². The quantitative estimate of drug-likeness (QED) is 0.496. The van der Waals surface area contributed by atoms with E-state index in [1.54, 1.807) is 10.9 Å². The van der Waals surface area contributed by atoms with Gasteiger partial charge in [0.2, 0.25) is 0 Å². The van der Waals surface area contributed by atoms with E-state index in [0.717, 1.165) is 18.7 Å². The Balaban J connectivity index is 2.02. The van der Waals surface area contributed by atoms with E-state index in [-0.39, 0.29) is 0 Å². The molecule has 0 bridgehead atoms. The van der Waals surface area contributed by atoms with Gasteiger partial charge in [0.25, 0.3) is 0 Å². The van der Waals surface area contributed by atoms with Crippen LogP contribution in [0, 0.1) is 0 Å². The highest BCUT2D eigenvalue weighted by molar-refractivity contribution is 4.90. The second kappa shape index (κ2) is 7.87. The fourth-order valence-electron chi connectivity index (χ4n) is 1.14. The van der Waals surface area contributed by atoms with Crippen LogP contribution in [-0.2, 0) is 22.4 Å². The van der Waals surface area contributed by atoms with Gasteiger partial charge in [-0.1, -0.05) is 18.2 Å². The van der Waals surface area contributed by atoms with Crippen LogP contribution in [0.2, 0.25) is 0 Å². The van der Waals surface area contributed by atoms with E-state index >= 15 is 0 Å². The first-order valence-corrected chi connectivity index (χ1v) is 5.56. The summed E-state index contributed by atoms with van der Waals surface area (Å²) in [4.78, 5) is 0. The van der Waals surface area contributed by atoms with E-state index in [1.807, 2.05) is 19.2 Å². The lowest BCUT2D eigenvalue weighted by molar-refractivity contribution is 0.0783. The first-order valence-electron chi connectivity index (χ1n) is 5.56. The minimum atomic E-state index is 0.585. The summed E-state index contributed by atoms with van der Waals surface area (Å²) in [5.41, 5.74) is 1.01. The maximum absolute atomic E-state index is 5.38. The Kier molecular flexibility index (Phi) is 6.25. The molecule has 1 heterocycles. The number of aryl methyl sites for hydroxylation is 1. The third-order valence-corrected chi connectivity index (χ3v) is 1.99. The average Bonchev–Trinajstić information content (AvgIpc) is 2.76. The van der Waals surface area contributed by atoms with Crippen molar-refractivity contribution < 1.29 is 9.47 Å². The van der Waals surface area contributed by atoms with Gasteiger partial charge in [-0.2, -0.15) is 0 Å². The van der Waals surface area contributed by atoms with Crippen molar-refractivity contribution in [2.45, 2.75) is 26.8 Å². The molecule has 1 aromatic rings. The van der Waals surface area contributed by atoms with E-state index in [2.05, 4.69) is 17.2 Å². The van der Waals surface area contributed by atoms with Gasteiger partial charge in [0.15, 0.2) is 0 Å². The largest absolute Gasteiger partial charge is 0.499 e. The fraction of sp³-hybridized carbons (Fsp3) is 0.636. The van der Waals surface area contributed by atoms with Gasteiger partial charge >= 0.3 is 0 Å². The van der Waals surface area contributed by atoms with E-state index in [1.165, 1.54) is 0 Å². The molecule has 0 aromatic carbocycles. The lowest BCUT2D eigenvalue weighted by atomic mass is 10.4. The van der Waals surface area contributed by atoms with E-state index in [9.17, 15) is 0 Å². The Morgan fingerprint density at radius 2 is 2.25 bits per heavy atom. The number of hydrogen-bond acceptors (Lipinski definition) is 4. The molecule has 5 heteroatoms. The molecule has 16 heavy (non-hydrogen) atoms. The minimum Gasteiger partial charge on any atom is -0.499 e. The van der Waals surface area contributed by atoms with Gasteiger partial charge < -0.3 is 9.47 Å². The number of hydrogen-bond donors (Lipinski definition) is 0. The molecule has 0 unspecified atom stereocenters. The van der Waals surface area contributed by atoms with Crippen LogP contribution < -0.4 is 0 Å². The molecule has 90 valence electrons. The maximum Gasteiger partial charge on any atom is 0.111 e. The highest BCUT2D eigenvalue weighted by Gasteiger charge is 1.97. The topological polar surface area (TPSA) is 49.2 Å². The number of allylic oxidation sites excluding steroid dienone is 1. The fourth-order valence-corrected chi connectivity index (χ4v) is 1.14. The molecule has 0 saturated heterocycles. The minimum absolute atomic E-state index is 0.585. The van der Waals surface area contributed by atoms with E-state index in [4.69, 9.17) is 9.47 Å². The molecular weight excluding hydrogens is 206 g/mol. The van der Waals surface area contributed by atoms with Crippen molar-refractivity contribution in [3.8, 4) is 0 Å². The summed E-state index contributed by atoms with van der Waals surface area (Å²) in [6, 6.07) is 0. The van der Waals surface area contributed by atoms with Gasteiger partial charge in [0.05, 0.1) is 31.7 Å². The normalized spacial score (nSPS) is 11.1. The number of aromatic nitrogens is 3. The molecule has 0 N–H and O–H groups in total. The Labute approximate surface area is 96.0 Å². The highest BCUT2D eigenvalue weighted by atomic mass is 16.5. The van der Waals surface area contributed by atoms with E-state index < -0.39 is 0 Å². The maximum atomic E-state index is 5.38. The first kappa shape index (κ1) is 12.7. The molecule has 0 aliphatic carbocycles. The molecule has 1 rings (SSSR count). The monoisotopic (exact) mass is 225 g/mol. The SMILES string of the molecule is C/C=C\OCCOCCn1cc(CC)nn1. The summed E-state index contributed by atoms with van der Waals surface area (Å²) in [6.45, 7) is 6.52. The Morgan fingerprint density at radius 3 is 2.94 bits per heavy atom. The summed E-state index contributed by atoms with van der Waals surface area (Å²) < 4.78 is 12.3. The molecule has 1 aromatic heterocycles. The Bertz CT molecular complexity index is 310. The highest BCUT2D eigenvalue weighted by Crippen LogP contribution is 1.93. The van der Waals surface area contributed by atoms with Crippen molar-refractivity contribution in [2.24, 2.45) is 0 Å². The zero-order chi connectivity index (χ0) is 11.6. The van der Waals surface area contributed by atoms with Crippen LogP contribution in [0.4, 0.5) is 0 Å². The second-order valence-corrected chi connectivity index (χ2v) is 3.28. The summed E-state index contributed by atoms with van der Waals surface area (Å²) in [5, 5.41) is 7.98. The van der Waals surface area contributed by atoms with E-state index in [0.29, 0.717) is 19.8 Å². The zero-order valence-corrected chi connectivity index (χ0v) is 9.93. The number of ether oxygens (including phenoxy) is 2. The molecule has 0 saturated carbocycles. The molecule has 0 spiro atoms. The van der Waals surface area contributed by atoms with Crippen molar-refractivity contribution in [3.05, 3.63) is 24.2 Å². The summed E-state index contributed by atoms with van der Waals surface area (Å²) in [7, 11) is 0. The van der Waals surface area contributed by atoms with Crippen molar-refractivity contribution in [2.75, 3.05) is 19.8 Å². The second-order valence-electron chi connectivity index (χ2n) is 3.28. The summed E-state index contributed by atoms with van der Waals surface area (Å²) >= 11 is 0. The molecule has 0 amide bonds. The standard InChI is InChI=1S/C11H19N3O2/c1-3-6-15-8-9-16-7-5-14-10-11(4-2)12-13-14/h3,6,10H,4-5,7-9H2,1-2H3/b6-3-. The molecular formula is C11H19N3O2. The van der Waals surface area contributed by atoms with Gasteiger partial charge in [0, 0.05) is 6.20 Å². The van der Waals surface area contributed by atoms with Crippen LogP contribution in [0.3, 0.4) is 0 Å². The molecule has 0 aliphatic heterocycles. The van der Waals surface area contributed by atoms with Crippen molar-refractivity contribution in [3.63, 3.8) is 0 Å². The summed E-state index contributed by atoms with van der Waals surface area (Å²) in [6.07, 6.45) is 6.37. The first-order chi connectivity index (χ1) is 7.86. The summed E-state index contributed by atoms with van der Waals surface area (Å²) in [5.74, 6) is 0. The Hall–Kier alpha value is -1.36. The van der Waals surface area contributed by atoms with Gasteiger partial charge in [-0.05, 0) is 13.3 Å². The molecule has 0 radical (unpaired) electrons. The van der Waals surface area contributed by atoms with Crippen molar-refractivity contribution >= 4 is 0 Å². The van der Waals surface area contributed by atoms with Gasteiger partial charge in [0.1, 0.15) is 6.61 Å². The van der Waals surface area contributed by atoms with Gasteiger partial charge in [-0.25, -0.2) is 4.68 Å². The molecule has 0 atom stereocenters. The van der Waals surface area contributed by atoms with Crippen LogP contribution in [0.5, 0.6) is 0 Å². The smallest absolute Gasteiger partial charge is 0.111 e. The van der Waals surface area contributed by atoms with Gasteiger partial charge in [-0.3, -0.25) is 0 Å².